The van der Waals surface area contributed by atoms with Gasteiger partial charge in [-0.05, 0) is 36.2 Å². The van der Waals surface area contributed by atoms with Crippen molar-refractivity contribution in [1.29, 1.82) is 0 Å². The van der Waals surface area contributed by atoms with Gasteiger partial charge in [0.2, 0.25) is 0 Å². The van der Waals surface area contributed by atoms with Gasteiger partial charge < -0.3 is 28.6 Å². The summed E-state index contributed by atoms with van der Waals surface area (Å²) >= 11 is 0. The number of imidazole rings is 1. The molecule has 4 rings (SSSR count). The molecule has 1 N–H and O–H groups in total. The van der Waals surface area contributed by atoms with Crippen molar-refractivity contribution in [3.63, 3.8) is 0 Å². The van der Waals surface area contributed by atoms with Crippen LogP contribution in [0.3, 0.4) is 0 Å². The lowest BCUT2D eigenvalue weighted by Gasteiger charge is -2.30. The molecule has 3 aromatic rings. The van der Waals surface area contributed by atoms with E-state index in [-0.39, 0.29) is 19.0 Å². The summed E-state index contributed by atoms with van der Waals surface area (Å²) in [6.07, 6.45) is 6.33. The van der Waals surface area contributed by atoms with E-state index in [0.717, 1.165) is 18.5 Å². The van der Waals surface area contributed by atoms with E-state index in [1.165, 1.54) is 12.1 Å². The van der Waals surface area contributed by atoms with Crippen molar-refractivity contribution in [3.05, 3.63) is 72.6 Å². The number of ether oxygens (including phenoxy) is 4. The van der Waals surface area contributed by atoms with E-state index in [1.54, 1.807) is 31.8 Å². The summed E-state index contributed by atoms with van der Waals surface area (Å²) in [6.45, 7) is 3.67. The molecule has 1 aromatic heterocycles. The Morgan fingerprint density at radius 1 is 1.17 bits per heavy atom. The van der Waals surface area contributed by atoms with Crippen molar-refractivity contribution in [1.82, 2.24) is 14.5 Å². The molecule has 0 saturated carbocycles. The number of nitrogens with zero attached hydrogens (tertiary/aromatic N) is 3. The maximum atomic E-state index is 13.4. The lowest BCUT2D eigenvalue weighted by atomic mass is 10.1. The van der Waals surface area contributed by atoms with Gasteiger partial charge in [0, 0.05) is 44.6 Å². The monoisotopic (exact) mass is 485 g/mol. The van der Waals surface area contributed by atoms with Gasteiger partial charge in [0.15, 0.2) is 11.5 Å². The predicted molar refractivity (Wildman–Crippen MR) is 128 cm³/mol. The molecule has 9 heteroatoms. The Morgan fingerprint density at radius 2 is 2.09 bits per heavy atom. The Balaban J connectivity index is 1.32. The standard InChI is InChI=1S/C26H32FN3O5/c1-32-25-14-21(6-7-24(25)34-12-3-9-29-10-8-28-20-29)16-30-11-13-33-18-26(31,17-30)19-35-23-5-2-4-22(27)15-23/h2,4-8,10,14-15,20,31H,3,9,11-13,16-19H2,1H3/t26-/m0/s1. The smallest absolute Gasteiger partial charge is 0.161 e. The number of rotatable bonds is 11. The van der Waals surface area contributed by atoms with Crippen molar-refractivity contribution in [2.24, 2.45) is 0 Å². The predicted octanol–water partition coefficient (Wildman–Crippen LogP) is 3.14. The fourth-order valence-corrected chi connectivity index (χ4v) is 4.03. The molecule has 1 fully saturated rings. The number of benzene rings is 2. The minimum Gasteiger partial charge on any atom is -0.493 e. The van der Waals surface area contributed by atoms with Crippen LogP contribution < -0.4 is 14.2 Å². The van der Waals surface area contributed by atoms with Gasteiger partial charge >= 0.3 is 0 Å². The van der Waals surface area contributed by atoms with Gasteiger partial charge in [0.1, 0.15) is 23.8 Å². The van der Waals surface area contributed by atoms with Crippen molar-refractivity contribution in [2.75, 3.05) is 46.6 Å². The van der Waals surface area contributed by atoms with Crippen LogP contribution in [0.15, 0.2) is 61.2 Å². The minimum atomic E-state index is -1.22. The van der Waals surface area contributed by atoms with E-state index in [1.807, 2.05) is 29.0 Å². The molecular weight excluding hydrogens is 453 g/mol. The van der Waals surface area contributed by atoms with E-state index in [2.05, 4.69) is 9.88 Å². The lowest BCUT2D eigenvalue weighted by Crippen LogP contribution is -2.48. The third-order valence-electron chi connectivity index (χ3n) is 5.76. The summed E-state index contributed by atoms with van der Waals surface area (Å²) in [4.78, 5) is 6.15. The molecule has 1 aliphatic rings. The topological polar surface area (TPSA) is 78.2 Å². The highest BCUT2D eigenvalue weighted by molar-refractivity contribution is 5.43. The third kappa shape index (κ3) is 7.42. The van der Waals surface area contributed by atoms with Crippen molar-refractivity contribution in [3.8, 4) is 17.2 Å². The van der Waals surface area contributed by atoms with Crippen LogP contribution >= 0.6 is 0 Å². The second-order valence-corrected chi connectivity index (χ2v) is 8.72. The molecule has 1 atom stereocenters. The molecule has 1 aliphatic heterocycles. The SMILES string of the molecule is COc1cc(CN2CCOC[C@](O)(COc3cccc(F)c3)C2)ccc1OCCCn1ccnc1. The highest BCUT2D eigenvalue weighted by atomic mass is 19.1. The Labute approximate surface area is 204 Å². The van der Waals surface area contributed by atoms with Crippen LogP contribution in [0, 0.1) is 5.82 Å². The van der Waals surface area contributed by atoms with E-state index >= 15 is 0 Å². The van der Waals surface area contributed by atoms with Crippen LogP contribution in [0.5, 0.6) is 17.2 Å². The maximum absolute atomic E-state index is 13.4. The fourth-order valence-electron chi connectivity index (χ4n) is 4.03. The average Bonchev–Trinajstić information content (AvgIpc) is 3.30. The molecule has 2 heterocycles. The first kappa shape index (κ1) is 25.0. The van der Waals surface area contributed by atoms with Gasteiger partial charge in [-0.25, -0.2) is 9.37 Å². The van der Waals surface area contributed by atoms with Crippen LogP contribution in [0.2, 0.25) is 0 Å². The molecule has 0 radical (unpaired) electrons. The first-order valence-corrected chi connectivity index (χ1v) is 11.7. The first-order valence-electron chi connectivity index (χ1n) is 11.7. The highest BCUT2D eigenvalue weighted by Gasteiger charge is 2.33. The van der Waals surface area contributed by atoms with Gasteiger partial charge in [-0.3, -0.25) is 4.90 Å². The molecule has 0 bridgehead atoms. The Kier molecular flexibility index (Phi) is 8.57. The van der Waals surface area contributed by atoms with Crippen molar-refractivity contribution >= 4 is 0 Å². The number of halogens is 1. The number of aromatic nitrogens is 2. The van der Waals surface area contributed by atoms with E-state index < -0.39 is 5.60 Å². The molecular formula is C26H32FN3O5. The second-order valence-electron chi connectivity index (χ2n) is 8.72. The van der Waals surface area contributed by atoms with Crippen LogP contribution in [0.1, 0.15) is 12.0 Å². The van der Waals surface area contributed by atoms with E-state index in [4.69, 9.17) is 18.9 Å². The molecule has 0 unspecified atom stereocenters. The molecule has 8 nitrogen and oxygen atoms in total. The molecule has 0 amide bonds. The Hall–Kier alpha value is -3.14. The van der Waals surface area contributed by atoms with Gasteiger partial charge in [0.25, 0.3) is 0 Å². The molecule has 188 valence electrons. The van der Waals surface area contributed by atoms with Crippen LogP contribution in [0.25, 0.3) is 0 Å². The fraction of sp³-hybridized carbons (Fsp3) is 0.423. The zero-order valence-electron chi connectivity index (χ0n) is 19.9. The number of hydrogen-bond acceptors (Lipinski definition) is 7. The number of β-amino-alcohol motifs (C(OH)–C–C–N with tert-alkyl or cyclic N) is 1. The van der Waals surface area contributed by atoms with Gasteiger partial charge in [-0.1, -0.05) is 12.1 Å². The van der Waals surface area contributed by atoms with Crippen LogP contribution in [-0.2, 0) is 17.8 Å². The molecule has 35 heavy (non-hydrogen) atoms. The average molecular weight is 486 g/mol. The van der Waals surface area contributed by atoms with Crippen LogP contribution in [-0.4, -0.2) is 71.8 Å². The summed E-state index contributed by atoms with van der Waals surface area (Å²) < 4.78 is 38.2. The number of hydrogen-bond donors (Lipinski definition) is 1. The molecule has 1 saturated heterocycles. The van der Waals surface area contributed by atoms with E-state index in [0.29, 0.717) is 50.1 Å². The minimum absolute atomic E-state index is 0.00211. The largest absolute Gasteiger partial charge is 0.493 e. The summed E-state index contributed by atoms with van der Waals surface area (Å²) in [5, 5.41) is 11.1. The van der Waals surface area contributed by atoms with Crippen molar-refractivity contribution in [2.45, 2.75) is 25.1 Å². The zero-order valence-corrected chi connectivity index (χ0v) is 19.9. The summed E-state index contributed by atoms with van der Waals surface area (Å²) in [5.41, 5.74) is -0.187. The normalized spacial score (nSPS) is 18.7. The third-order valence-corrected chi connectivity index (χ3v) is 5.76. The highest BCUT2D eigenvalue weighted by Crippen LogP contribution is 2.29. The van der Waals surface area contributed by atoms with Crippen LogP contribution in [0.4, 0.5) is 4.39 Å². The zero-order chi connectivity index (χ0) is 24.5. The quantitative estimate of drug-likeness (QED) is 0.418. The summed E-state index contributed by atoms with van der Waals surface area (Å²) in [7, 11) is 1.62. The number of methoxy groups -OCH3 is 1. The maximum Gasteiger partial charge on any atom is 0.161 e. The van der Waals surface area contributed by atoms with Gasteiger partial charge in [-0.2, -0.15) is 0 Å². The second kappa shape index (κ2) is 12.0. The first-order chi connectivity index (χ1) is 17.0. The lowest BCUT2D eigenvalue weighted by molar-refractivity contribution is -0.0647. The van der Waals surface area contributed by atoms with Crippen molar-refractivity contribution < 1.29 is 28.4 Å². The summed E-state index contributed by atoms with van der Waals surface area (Å²) in [6, 6.07) is 11.8. The van der Waals surface area contributed by atoms with E-state index in [9.17, 15) is 9.50 Å². The van der Waals surface area contributed by atoms with Gasteiger partial charge in [0.05, 0.1) is 33.3 Å². The Bertz CT molecular complexity index is 1060. The molecule has 2 aromatic carbocycles. The number of aliphatic hydroxyl groups is 1. The molecule has 0 aliphatic carbocycles. The number of aryl methyl sites for hydroxylation is 1. The summed E-state index contributed by atoms with van der Waals surface area (Å²) in [5.74, 6) is 1.36. The molecule has 0 spiro atoms. The Morgan fingerprint density at radius 3 is 2.89 bits per heavy atom. The van der Waals surface area contributed by atoms with Gasteiger partial charge in [-0.15, -0.1) is 0 Å².